The highest BCUT2D eigenvalue weighted by molar-refractivity contribution is 6.43. The molecule has 1 N–H and O–H groups in total. The number of halogens is 2. The van der Waals surface area contributed by atoms with Crippen molar-refractivity contribution in [1.29, 1.82) is 0 Å². The van der Waals surface area contributed by atoms with Crippen LogP contribution in [0.4, 0.5) is 4.79 Å². The van der Waals surface area contributed by atoms with Gasteiger partial charge in [-0.15, -0.1) is 0 Å². The normalized spacial score (nSPS) is 14.6. The van der Waals surface area contributed by atoms with Crippen molar-refractivity contribution >= 4 is 35.1 Å². The van der Waals surface area contributed by atoms with Gasteiger partial charge in [0.15, 0.2) is 0 Å². The van der Waals surface area contributed by atoms with Crippen LogP contribution in [0, 0.1) is 0 Å². The van der Waals surface area contributed by atoms with E-state index in [9.17, 15) is 9.59 Å². The molecule has 0 aliphatic carbocycles. The van der Waals surface area contributed by atoms with Crippen molar-refractivity contribution < 1.29 is 9.59 Å². The Labute approximate surface area is 168 Å². The first-order valence-corrected chi connectivity index (χ1v) is 9.62. The molecule has 0 bridgehead atoms. The van der Waals surface area contributed by atoms with Crippen LogP contribution in [0.5, 0.6) is 0 Å². The minimum Gasteiger partial charge on any atom is -0.337 e. The summed E-state index contributed by atoms with van der Waals surface area (Å²) >= 11 is 12.2. The van der Waals surface area contributed by atoms with E-state index in [1.165, 1.54) is 0 Å². The second-order valence-electron chi connectivity index (χ2n) is 6.38. The quantitative estimate of drug-likeness (QED) is 0.836. The molecule has 0 unspecified atom stereocenters. The van der Waals surface area contributed by atoms with Crippen LogP contribution in [-0.2, 0) is 6.54 Å². The number of urea groups is 1. The van der Waals surface area contributed by atoms with Gasteiger partial charge in [-0.05, 0) is 24.1 Å². The molecule has 1 aliphatic rings. The predicted octanol–water partition coefficient (Wildman–Crippen LogP) is 4.05. The first-order valence-electron chi connectivity index (χ1n) is 8.86. The molecular formula is C20H21Cl2N3O2. The molecule has 27 heavy (non-hydrogen) atoms. The van der Waals surface area contributed by atoms with Crippen LogP contribution in [0.15, 0.2) is 48.5 Å². The lowest BCUT2D eigenvalue weighted by Crippen LogP contribution is -2.42. The topological polar surface area (TPSA) is 52.7 Å². The Morgan fingerprint density at radius 2 is 1.59 bits per heavy atom. The molecule has 1 fully saturated rings. The lowest BCUT2D eigenvalue weighted by molar-refractivity contribution is 0.0762. The van der Waals surface area contributed by atoms with E-state index < -0.39 is 0 Å². The summed E-state index contributed by atoms with van der Waals surface area (Å²) in [6.45, 7) is 2.60. The van der Waals surface area contributed by atoms with Crippen LogP contribution in [0.1, 0.15) is 22.3 Å². The van der Waals surface area contributed by atoms with Crippen molar-refractivity contribution in [1.82, 2.24) is 15.1 Å². The minimum atomic E-state index is -0.158. The number of benzene rings is 2. The summed E-state index contributed by atoms with van der Waals surface area (Å²) in [5, 5.41) is 3.56. The molecule has 3 amide bonds. The summed E-state index contributed by atoms with van der Waals surface area (Å²) in [6.07, 6.45) is 0.711. The molecular weight excluding hydrogens is 385 g/mol. The fourth-order valence-electron chi connectivity index (χ4n) is 3.05. The maximum atomic E-state index is 12.8. The van der Waals surface area contributed by atoms with Gasteiger partial charge < -0.3 is 15.1 Å². The van der Waals surface area contributed by atoms with E-state index in [1.807, 2.05) is 30.3 Å². The molecule has 0 spiro atoms. The van der Waals surface area contributed by atoms with Crippen LogP contribution in [0.3, 0.4) is 0 Å². The van der Waals surface area contributed by atoms with Crippen LogP contribution < -0.4 is 5.32 Å². The zero-order valence-corrected chi connectivity index (χ0v) is 16.3. The highest BCUT2D eigenvalue weighted by Crippen LogP contribution is 2.26. The molecule has 3 rings (SSSR count). The van der Waals surface area contributed by atoms with Crippen molar-refractivity contribution in [3.8, 4) is 0 Å². The van der Waals surface area contributed by atoms with Crippen LogP contribution in [-0.4, -0.2) is 47.9 Å². The zero-order valence-electron chi connectivity index (χ0n) is 14.8. The summed E-state index contributed by atoms with van der Waals surface area (Å²) in [4.78, 5) is 28.7. The molecule has 0 aromatic heterocycles. The Hall–Kier alpha value is -2.24. The number of carbonyl (C=O) groups excluding carboxylic acids is 2. The standard InChI is InChI=1S/C20H21Cl2N3O2/c21-17-9-4-8-16(18(17)22)19(26)24-10-5-11-25(13-12-24)20(27)23-14-15-6-2-1-3-7-15/h1-4,6-9H,5,10-14H2,(H,23,27). The molecule has 5 nitrogen and oxygen atoms in total. The van der Waals surface area contributed by atoms with E-state index in [2.05, 4.69) is 5.32 Å². The fourth-order valence-corrected chi connectivity index (χ4v) is 3.43. The van der Waals surface area contributed by atoms with Crippen molar-refractivity contribution in [3.63, 3.8) is 0 Å². The first-order chi connectivity index (χ1) is 13.1. The number of hydrogen-bond acceptors (Lipinski definition) is 2. The lowest BCUT2D eigenvalue weighted by atomic mass is 10.2. The van der Waals surface area contributed by atoms with Gasteiger partial charge in [0.2, 0.25) is 0 Å². The number of amides is 3. The molecule has 2 aromatic rings. The molecule has 142 valence electrons. The Morgan fingerprint density at radius 3 is 2.37 bits per heavy atom. The number of nitrogens with one attached hydrogen (secondary N) is 1. The third-order valence-electron chi connectivity index (χ3n) is 4.54. The second kappa shape index (κ2) is 9.11. The largest absolute Gasteiger partial charge is 0.337 e. The number of nitrogens with zero attached hydrogens (tertiary/aromatic N) is 2. The molecule has 2 aromatic carbocycles. The van der Waals surface area contributed by atoms with E-state index in [0.717, 1.165) is 5.56 Å². The van der Waals surface area contributed by atoms with Crippen molar-refractivity contribution in [2.75, 3.05) is 26.2 Å². The minimum absolute atomic E-state index is 0.117. The van der Waals surface area contributed by atoms with Crippen molar-refractivity contribution in [2.24, 2.45) is 0 Å². The Morgan fingerprint density at radius 1 is 0.889 bits per heavy atom. The fraction of sp³-hybridized carbons (Fsp3) is 0.300. The monoisotopic (exact) mass is 405 g/mol. The maximum Gasteiger partial charge on any atom is 0.317 e. The summed E-state index contributed by atoms with van der Waals surface area (Å²) < 4.78 is 0. The third kappa shape index (κ3) is 4.93. The third-order valence-corrected chi connectivity index (χ3v) is 5.36. The van der Waals surface area contributed by atoms with E-state index in [0.29, 0.717) is 49.7 Å². The Bertz CT molecular complexity index is 814. The SMILES string of the molecule is O=C(NCc1ccccc1)N1CCCN(C(=O)c2cccc(Cl)c2Cl)CC1. The van der Waals surface area contributed by atoms with Gasteiger partial charge in [-0.3, -0.25) is 4.79 Å². The number of hydrogen-bond donors (Lipinski definition) is 1. The van der Waals surface area contributed by atoms with Crippen molar-refractivity contribution in [2.45, 2.75) is 13.0 Å². The highest BCUT2D eigenvalue weighted by atomic mass is 35.5. The highest BCUT2D eigenvalue weighted by Gasteiger charge is 2.24. The van der Waals surface area contributed by atoms with Gasteiger partial charge in [0.05, 0.1) is 15.6 Å². The average Bonchev–Trinajstić information content (AvgIpc) is 2.95. The number of rotatable bonds is 3. The molecule has 0 atom stereocenters. The van der Waals surface area contributed by atoms with Gasteiger partial charge >= 0.3 is 6.03 Å². The van der Waals surface area contributed by atoms with Crippen LogP contribution in [0.25, 0.3) is 0 Å². The first kappa shape index (κ1) is 19.5. The van der Waals surface area contributed by atoms with Crippen molar-refractivity contribution in [3.05, 3.63) is 69.7 Å². The summed E-state index contributed by atoms with van der Waals surface area (Å²) in [6, 6.07) is 14.7. The van der Waals surface area contributed by atoms with Gasteiger partial charge in [0.25, 0.3) is 5.91 Å². The number of carbonyl (C=O) groups is 2. The van der Waals surface area contributed by atoms with Gasteiger partial charge in [-0.1, -0.05) is 59.6 Å². The van der Waals surface area contributed by atoms with Gasteiger partial charge in [-0.25, -0.2) is 4.79 Å². The summed E-state index contributed by atoms with van der Waals surface area (Å²) in [7, 11) is 0. The van der Waals surface area contributed by atoms with E-state index in [-0.39, 0.29) is 17.0 Å². The van der Waals surface area contributed by atoms with Gasteiger partial charge in [-0.2, -0.15) is 0 Å². The second-order valence-corrected chi connectivity index (χ2v) is 7.16. The molecule has 7 heteroatoms. The molecule has 1 saturated heterocycles. The molecule has 1 heterocycles. The molecule has 0 saturated carbocycles. The summed E-state index contributed by atoms with van der Waals surface area (Å²) in [5.74, 6) is -0.158. The lowest BCUT2D eigenvalue weighted by Gasteiger charge is -2.23. The molecule has 1 aliphatic heterocycles. The van der Waals surface area contributed by atoms with Crippen LogP contribution >= 0.6 is 23.2 Å². The van der Waals surface area contributed by atoms with E-state index >= 15 is 0 Å². The zero-order chi connectivity index (χ0) is 19.2. The summed E-state index contributed by atoms with van der Waals surface area (Å²) in [5.41, 5.74) is 1.44. The Kier molecular flexibility index (Phi) is 6.58. The van der Waals surface area contributed by atoms with E-state index in [4.69, 9.17) is 23.2 Å². The van der Waals surface area contributed by atoms with Gasteiger partial charge in [0, 0.05) is 32.7 Å². The predicted molar refractivity (Wildman–Crippen MR) is 107 cm³/mol. The maximum absolute atomic E-state index is 12.8. The smallest absolute Gasteiger partial charge is 0.317 e. The van der Waals surface area contributed by atoms with Crippen LogP contribution in [0.2, 0.25) is 10.0 Å². The van der Waals surface area contributed by atoms with Gasteiger partial charge in [0.1, 0.15) is 0 Å². The average molecular weight is 406 g/mol. The van der Waals surface area contributed by atoms with E-state index in [1.54, 1.807) is 28.0 Å². The Balaban J connectivity index is 1.57. The molecule has 0 radical (unpaired) electrons.